The van der Waals surface area contributed by atoms with Crippen LogP contribution in [0.2, 0.25) is 0 Å². The summed E-state index contributed by atoms with van der Waals surface area (Å²) in [5.74, 6) is 0.705. The minimum Gasteiger partial charge on any atom is -0.494 e. The van der Waals surface area contributed by atoms with Crippen LogP contribution in [0.25, 0.3) is 0 Å². The number of ether oxygens (including phenoxy) is 1. The molecule has 0 radical (unpaired) electrons. The number of nitrogens with one attached hydrogen (secondary N) is 1. The second-order valence-electron chi connectivity index (χ2n) is 5.72. The van der Waals surface area contributed by atoms with Gasteiger partial charge in [0.25, 0.3) is 5.91 Å². The molecule has 0 saturated carbocycles. The molecule has 0 atom stereocenters. The SMILES string of the molecule is CCCOc1ccc(NC(=O)c2ccc(N(C)C)c(C)c2)cc1. The van der Waals surface area contributed by atoms with E-state index < -0.39 is 0 Å². The second kappa shape index (κ2) is 7.68. The second-order valence-corrected chi connectivity index (χ2v) is 5.72. The third-order valence-corrected chi connectivity index (χ3v) is 3.53. The number of nitrogens with zero attached hydrogens (tertiary/aromatic N) is 1. The van der Waals surface area contributed by atoms with Crippen molar-refractivity contribution < 1.29 is 9.53 Å². The summed E-state index contributed by atoms with van der Waals surface area (Å²) in [5, 5.41) is 2.91. The summed E-state index contributed by atoms with van der Waals surface area (Å²) in [5.41, 5.74) is 3.59. The van der Waals surface area contributed by atoms with Gasteiger partial charge < -0.3 is 15.0 Å². The number of hydrogen-bond acceptors (Lipinski definition) is 3. The van der Waals surface area contributed by atoms with E-state index in [1.165, 1.54) is 0 Å². The van der Waals surface area contributed by atoms with E-state index >= 15 is 0 Å². The Morgan fingerprint density at radius 3 is 2.39 bits per heavy atom. The van der Waals surface area contributed by atoms with E-state index in [0.29, 0.717) is 12.2 Å². The first-order chi connectivity index (χ1) is 11.0. The van der Waals surface area contributed by atoms with Gasteiger partial charge >= 0.3 is 0 Å². The van der Waals surface area contributed by atoms with Crippen molar-refractivity contribution in [1.82, 2.24) is 0 Å². The maximum atomic E-state index is 12.3. The van der Waals surface area contributed by atoms with Crippen molar-refractivity contribution in [3.8, 4) is 5.75 Å². The molecule has 0 aromatic heterocycles. The van der Waals surface area contributed by atoms with Crippen molar-refractivity contribution in [2.24, 2.45) is 0 Å². The molecule has 0 aliphatic rings. The van der Waals surface area contributed by atoms with Gasteiger partial charge in [-0.2, -0.15) is 0 Å². The van der Waals surface area contributed by atoms with E-state index in [1.807, 2.05) is 68.4 Å². The number of hydrogen-bond donors (Lipinski definition) is 1. The summed E-state index contributed by atoms with van der Waals surface area (Å²) in [7, 11) is 3.98. The van der Waals surface area contributed by atoms with Gasteiger partial charge in [-0.1, -0.05) is 6.92 Å². The third-order valence-electron chi connectivity index (χ3n) is 3.53. The fourth-order valence-corrected chi connectivity index (χ4v) is 2.36. The van der Waals surface area contributed by atoms with Crippen molar-refractivity contribution in [1.29, 1.82) is 0 Å². The van der Waals surface area contributed by atoms with Crippen molar-refractivity contribution in [3.63, 3.8) is 0 Å². The van der Waals surface area contributed by atoms with Gasteiger partial charge in [-0.25, -0.2) is 0 Å². The molecule has 0 spiro atoms. The van der Waals surface area contributed by atoms with Crippen LogP contribution < -0.4 is 15.0 Å². The first-order valence-corrected chi connectivity index (χ1v) is 7.83. The molecule has 23 heavy (non-hydrogen) atoms. The Balaban J connectivity index is 2.05. The van der Waals surface area contributed by atoms with E-state index in [0.717, 1.165) is 29.1 Å². The number of carbonyl (C=O) groups excluding carboxylic acids is 1. The molecule has 2 rings (SSSR count). The summed E-state index contributed by atoms with van der Waals surface area (Å²) in [6.07, 6.45) is 0.973. The molecule has 1 amide bonds. The van der Waals surface area contributed by atoms with Gasteiger partial charge in [-0.3, -0.25) is 4.79 Å². The number of benzene rings is 2. The average Bonchev–Trinajstić information content (AvgIpc) is 2.53. The van der Waals surface area contributed by atoms with E-state index in [1.54, 1.807) is 0 Å². The van der Waals surface area contributed by atoms with Gasteiger partial charge in [0, 0.05) is 31.0 Å². The third kappa shape index (κ3) is 4.49. The Labute approximate surface area is 138 Å². The van der Waals surface area contributed by atoms with E-state index in [4.69, 9.17) is 4.74 Å². The van der Waals surface area contributed by atoms with Crippen LogP contribution in [-0.4, -0.2) is 26.6 Å². The van der Waals surface area contributed by atoms with E-state index in [9.17, 15) is 4.79 Å². The molecule has 2 aromatic rings. The lowest BCUT2D eigenvalue weighted by Gasteiger charge is -2.16. The van der Waals surface area contributed by atoms with Crippen LogP contribution in [0.4, 0.5) is 11.4 Å². The van der Waals surface area contributed by atoms with Crippen LogP contribution in [0.15, 0.2) is 42.5 Å². The van der Waals surface area contributed by atoms with E-state index in [2.05, 4.69) is 12.2 Å². The maximum Gasteiger partial charge on any atom is 0.255 e. The van der Waals surface area contributed by atoms with Gasteiger partial charge in [-0.15, -0.1) is 0 Å². The summed E-state index contributed by atoms with van der Waals surface area (Å²) in [6.45, 7) is 4.77. The minimum atomic E-state index is -0.111. The van der Waals surface area contributed by atoms with Crippen LogP contribution in [0.5, 0.6) is 5.75 Å². The lowest BCUT2D eigenvalue weighted by Crippen LogP contribution is -2.14. The highest BCUT2D eigenvalue weighted by atomic mass is 16.5. The molecule has 4 nitrogen and oxygen atoms in total. The molecule has 122 valence electrons. The topological polar surface area (TPSA) is 41.6 Å². The van der Waals surface area contributed by atoms with Crippen molar-refractivity contribution in [2.75, 3.05) is 30.9 Å². The summed E-state index contributed by atoms with van der Waals surface area (Å²) in [6, 6.07) is 13.1. The fraction of sp³-hybridized carbons (Fsp3) is 0.316. The molecular weight excluding hydrogens is 288 g/mol. The van der Waals surface area contributed by atoms with Crippen LogP contribution in [0.1, 0.15) is 29.3 Å². The molecule has 0 aliphatic carbocycles. The maximum absolute atomic E-state index is 12.3. The predicted molar refractivity (Wildman–Crippen MR) is 95.7 cm³/mol. The Bertz CT molecular complexity index is 664. The Morgan fingerprint density at radius 2 is 1.83 bits per heavy atom. The minimum absolute atomic E-state index is 0.111. The summed E-state index contributed by atoms with van der Waals surface area (Å²) < 4.78 is 5.53. The molecule has 4 heteroatoms. The predicted octanol–water partition coefficient (Wildman–Crippen LogP) is 4.10. The van der Waals surface area contributed by atoms with Gasteiger partial charge in [0.2, 0.25) is 0 Å². The highest BCUT2D eigenvalue weighted by Crippen LogP contribution is 2.21. The number of rotatable bonds is 6. The molecule has 0 heterocycles. The lowest BCUT2D eigenvalue weighted by molar-refractivity contribution is 0.102. The largest absolute Gasteiger partial charge is 0.494 e. The molecule has 1 N–H and O–H groups in total. The van der Waals surface area contributed by atoms with Gasteiger partial charge in [0.1, 0.15) is 5.75 Å². The summed E-state index contributed by atoms with van der Waals surface area (Å²) in [4.78, 5) is 14.4. The van der Waals surface area contributed by atoms with Crippen molar-refractivity contribution >= 4 is 17.3 Å². The van der Waals surface area contributed by atoms with Crippen LogP contribution in [-0.2, 0) is 0 Å². The highest BCUT2D eigenvalue weighted by Gasteiger charge is 2.09. The smallest absolute Gasteiger partial charge is 0.255 e. The first-order valence-electron chi connectivity index (χ1n) is 7.83. The molecule has 0 bridgehead atoms. The molecule has 0 unspecified atom stereocenters. The van der Waals surface area contributed by atoms with Crippen LogP contribution in [0.3, 0.4) is 0 Å². The lowest BCUT2D eigenvalue weighted by atomic mass is 10.1. The zero-order chi connectivity index (χ0) is 16.8. The fourth-order valence-electron chi connectivity index (χ4n) is 2.36. The Kier molecular flexibility index (Phi) is 5.63. The Hall–Kier alpha value is -2.49. The number of aryl methyl sites for hydroxylation is 1. The molecule has 0 fully saturated rings. The number of amides is 1. The van der Waals surface area contributed by atoms with Crippen molar-refractivity contribution in [2.45, 2.75) is 20.3 Å². The van der Waals surface area contributed by atoms with Gasteiger partial charge in [0.15, 0.2) is 0 Å². The molecule has 0 saturated heterocycles. The number of carbonyl (C=O) groups is 1. The van der Waals surface area contributed by atoms with Gasteiger partial charge in [-0.05, 0) is 61.4 Å². The normalized spacial score (nSPS) is 10.3. The molecule has 0 aliphatic heterocycles. The molecular formula is C19H24N2O2. The van der Waals surface area contributed by atoms with Crippen LogP contribution >= 0.6 is 0 Å². The highest BCUT2D eigenvalue weighted by molar-refractivity contribution is 6.04. The number of anilines is 2. The van der Waals surface area contributed by atoms with Crippen molar-refractivity contribution in [3.05, 3.63) is 53.6 Å². The summed E-state index contributed by atoms with van der Waals surface area (Å²) >= 11 is 0. The quantitative estimate of drug-likeness (QED) is 0.873. The van der Waals surface area contributed by atoms with Gasteiger partial charge in [0.05, 0.1) is 6.61 Å². The first kappa shape index (κ1) is 16.9. The monoisotopic (exact) mass is 312 g/mol. The standard InChI is InChI=1S/C19H24N2O2/c1-5-12-23-17-9-7-16(8-10-17)20-19(22)15-6-11-18(21(3)4)14(2)13-15/h6-11,13H,5,12H2,1-4H3,(H,20,22). The zero-order valence-corrected chi connectivity index (χ0v) is 14.2. The molecule has 2 aromatic carbocycles. The van der Waals surface area contributed by atoms with E-state index in [-0.39, 0.29) is 5.91 Å². The average molecular weight is 312 g/mol. The van der Waals surface area contributed by atoms with Crippen LogP contribution in [0, 0.1) is 6.92 Å². The Morgan fingerprint density at radius 1 is 1.13 bits per heavy atom. The zero-order valence-electron chi connectivity index (χ0n) is 14.2.